The van der Waals surface area contributed by atoms with Crippen molar-refractivity contribution in [3.05, 3.63) is 100 Å². The number of fused-ring (bicyclic) bond motifs is 2. The van der Waals surface area contributed by atoms with Crippen molar-refractivity contribution in [3.63, 3.8) is 0 Å². The zero-order chi connectivity index (χ0) is 32.4. The lowest BCUT2D eigenvalue weighted by atomic mass is 9.88. The van der Waals surface area contributed by atoms with Gasteiger partial charge in [-0.1, -0.05) is 12.1 Å². The molecule has 0 radical (unpaired) electrons. The fourth-order valence-electron chi connectivity index (χ4n) is 6.93. The minimum absolute atomic E-state index is 0.151. The van der Waals surface area contributed by atoms with E-state index in [1.54, 1.807) is 28.4 Å². The van der Waals surface area contributed by atoms with Crippen LogP contribution in [-0.4, -0.2) is 70.5 Å². The Hall–Kier alpha value is -4.40. The average molecular weight is 625 g/mol. The minimum atomic E-state index is 0.151. The molecule has 0 unspecified atom stereocenters. The molecule has 8 heteroatoms. The second-order valence-electron chi connectivity index (χ2n) is 12.2. The molecule has 4 aromatic rings. The highest BCUT2D eigenvalue weighted by atomic mass is 16.5. The molecule has 0 aliphatic carbocycles. The second-order valence-corrected chi connectivity index (χ2v) is 12.2. The number of phenols is 1. The summed E-state index contributed by atoms with van der Waals surface area (Å²) in [5.41, 5.74) is 7.20. The van der Waals surface area contributed by atoms with Gasteiger partial charge >= 0.3 is 0 Å². The summed E-state index contributed by atoms with van der Waals surface area (Å²) in [6.45, 7) is 1.91. The number of nitrogens with zero attached hydrogens (tertiary/aromatic N) is 2. The van der Waals surface area contributed by atoms with Crippen LogP contribution in [0.5, 0.6) is 40.2 Å². The fraction of sp³-hybridized carbons (Fsp3) is 0.368. The van der Waals surface area contributed by atoms with Gasteiger partial charge in [0.05, 0.1) is 28.4 Å². The molecule has 0 saturated carbocycles. The molecule has 2 aliphatic rings. The smallest absolute Gasteiger partial charge is 0.161 e. The van der Waals surface area contributed by atoms with Crippen LogP contribution in [0.1, 0.15) is 45.5 Å². The number of phenolic OH excluding ortho intramolecular Hbond substituents is 1. The average Bonchev–Trinajstić information content (AvgIpc) is 3.07. The monoisotopic (exact) mass is 624 g/mol. The van der Waals surface area contributed by atoms with Crippen molar-refractivity contribution in [1.29, 1.82) is 0 Å². The predicted molar refractivity (Wildman–Crippen MR) is 179 cm³/mol. The number of benzene rings is 4. The molecule has 6 rings (SSSR count). The molecule has 2 heterocycles. The van der Waals surface area contributed by atoms with Crippen molar-refractivity contribution in [3.8, 4) is 40.2 Å². The first-order chi connectivity index (χ1) is 22.3. The summed E-state index contributed by atoms with van der Waals surface area (Å²) in [4.78, 5) is 4.74. The normalized spacial score (nSPS) is 18.0. The van der Waals surface area contributed by atoms with Crippen LogP contribution in [0.15, 0.2) is 66.7 Å². The van der Waals surface area contributed by atoms with E-state index < -0.39 is 0 Å². The first-order valence-corrected chi connectivity index (χ1v) is 15.8. The number of hydrogen-bond donors (Lipinski definition) is 1. The van der Waals surface area contributed by atoms with Crippen LogP contribution in [0.4, 0.5) is 0 Å². The summed E-state index contributed by atoms with van der Waals surface area (Å²) in [5.74, 6) is 4.59. The van der Waals surface area contributed by atoms with Crippen molar-refractivity contribution in [2.24, 2.45) is 0 Å². The van der Waals surface area contributed by atoms with Gasteiger partial charge in [-0.25, -0.2) is 0 Å². The molecule has 46 heavy (non-hydrogen) atoms. The van der Waals surface area contributed by atoms with Crippen molar-refractivity contribution in [1.82, 2.24) is 9.80 Å². The Morgan fingerprint density at radius 3 is 1.78 bits per heavy atom. The Morgan fingerprint density at radius 2 is 1.15 bits per heavy atom. The molecular formula is C38H44N2O6. The van der Waals surface area contributed by atoms with E-state index in [2.05, 4.69) is 54.2 Å². The number of aromatic hydroxyl groups is 1. The van der Waals surface area contributed by atoms with Gasteiger partial charge < -0.3 is 28.8 Å². The van der Waals surface area contributed by atoms with Gasteiger partial charge in [0.2, 0.25) is 0 Å². The van der Waals surface area contributed by atoms with Gasteiger partial charge in [0.1, 0.15) is 17.2 Å². The van der Waals surface area contributed by atoms with Crippen molar-refractivity contribution < 1.29 is 28.8 Å². The van der Waals surface area contributed by atoms with Crippen molar-refractivity contribution in [2.45, 2.75) is 37.8 Å². The first-order valence-electron chi connectivity index (χ1n) is 15.8. The van der Waals surface area contributed by atoms with Crippen LogP contribution >= 0.6 is 0 Å². The lowest BCUT2D eigenvalue weighted by molar-refractivity contribution is 0.226. The van der Waals surface area contributed by atoms with Crippen molar-refractivity contribution >= 4 is 0 Å². The zero-order valence-electron chi connectivity index (χ0n) is 27.6. The van der Waals surface area contributed by atoms with E-state index >= 15 is 0 Å². The highest BCUT2D eigenvalue weighted by molar-refractivity contribution is 5.51. The van der Waals surface area contributed by atoms with Crippen LogP contribution in [0.25, 0.3) is 0 Å². The zero-order valence-corrected chi connectivity index (χ0v) is 27.6. The molecule has 0 saturated heterocycles. The largest absolute Gasteiger partial charge is 0.504 e. The summed E-state index contributed by atoms with van der Waals surface area (Å²) >= 11 is 0. The van der Waals surface area contributed by atoms with Crippen LogP contribution in [0.2, 0.25) is 0 Å². The number of likely N-dealkylation sites (N-methyl/N-ethyl adjacent to an activating group) is 2. The van der Waals surface area contributed by atoms with Crippen LogP contribution in [0.3, 0.4) is 0 Å². The highest BCUT2D eigenvalue weighted by Crippen LogP contribution is 2.41. The Morgan fingerprint density at radius 1 is 0.609 bits per heavy atom. The molecule has 1 N–H and O–H groups in total. The van der Waals surface area contributed by atoms with Gasteiger partial charge in [-0.2, -0.15) is 0 Å². The maximum atomic E-state index is 10.5. The number of hydrogen-bond acceptors (Lipinski definition) is 8. The molecule has 0 amide bonds. The number of methoxy groups -OCH3 is 4. The molecule has 0 bridgehead atoms. The molecule has 0 fully saturated rings. The molecular weight excluding hydrogens is 580 g/mol. The maximum absolute atomic E-state index is 10.5. The molecule has 8 nitrogen and oxygen atoms in total. The summed E-state index contributed by atoms with van der Waals surface area (Å²) in [6.07, 6.45) is 3.48. The van der Waals surface area contributed by atoms with Gasteiger partial charge in [0.25, 0.3) is 0 Å². The lowest BCUT2D eigenvalue weighted by Gasteiger charge is -2.35. The Labute approximate surface area is 272 Å². The van der Waals surface area contributed by atoms with Crippen molar-refractivity contribution in [2.75, 3.05) is 55.6 Å². The van der Waals surface area contributed by atoms with Gasteiger partial charge in [0, 0.05) is 25.2 Å². The SMILES string of the molecule is COc1cc2c(cc1O)[C@H](Cc1ccc(Oc3ccc(OC)c(C[C@H]4c5cc(OC)c(OC)cc5CCN4C)c3)cc1)N(C)CC2. The molecule has 2 aliphatic heterocycles. The Kier molecular flexibility index (Phi) is 9.29. The predicted octanol–water partition coefficient (Wildman–Crippen LogP) is 6.76. The standard InChI is InChI=1S/C38H44N2O6/c1-39-15-13-25-20-36(43-4)34(41)22-30(25)32(39)17-24-7-9-28(10-8-24)46-29-11-12-35(42-3)27(18-29)19-33-31-23-38(45-6)37(44-5)21-26(31)14-16-40(33)2/h7-12,18,20-23,32-33,41H,13-17,19H2,1-6H3/t32-,33-/m0/s1. The molecule has 0 spiro atoms. The number of ether oxygens (including phenoxy) is 5. The summed E-state index contributed by atoms with van der Waals surface area (Å²) in [6, 6.07) is 22.7. The van der Waals surface area contributed by atoms with Crippen LogP contribution in [-0.2, 0) is 25.7 Å². The van der Waals surface area contributed by atoms with E-state index in [-0.39, 0.29) is 17.8 Å². The quantitative estimate of drug-likeness (QED) is 0.208. The topological polar surface area (TPSA) is 72.9 Å². The van der Waals surface area contributed by atoms with E-state index in [4.69, 9.17) is 23.7 Å². The molecule has 2 atom stereocenters. The van der Waals surface area contributed by atoms with Crippen LogP contribution in [0, 0.1) is 0 Å². The highest BCUT2D eigenvalue weighted by Gasteiger charge is 2.29. The van der Waals surface area contributed by atoms with Gasteiger partial charge in [0.15, 0.2) is 23.0 Å². The summed E-state index contributed by atoms with van der Waals surface area (Å²) in [7, 11) is 11.0. The fourth-order valence-corrected chi connectivity index (χ4v) is 6.93. The third kappa shape index (κ3) is 6.32. The molecule has 4 aromatic carbocycles. The third-order valence-corrected chi connectivity index (χ3v) is 9.59. The van der Waals surface area contributed by atoms with E-state index in [1.807, 2.05) is 36.4 Å². The molecule has 242 valence electrons. The summed E-state index contributed by atoms with van der Waals surface area (Å²) < 4.78 is 28.7. The Balaban J connectivity index is 1.19. The second kappa shape index (κ2) is 13.5. The van der Waals surface area contributed by atoms with E-state index in [1.165, 1.54) is 22.3 Å². The first kappa shape index (κ1) is 31.6. The lowest BCUT2D eigenvalue weighted by Crippen LogP contribution is -2.33. The van der Waals surface area contributed by atoms with Gasteiger partial charge in [-0.05, 0) is 128 Å². The van der Waals surface area contributed by atoms with E-state index in [0.717, 1.165) is 78.6 Å². The molecule has 0 aromatic heterocycles. The maximum Gasteiger partial charge on any atom is 0.161 e. The Bertz CT molecular complexity index is 1690. The summed E-state index contributed by atoms with van der Waals surface area (Å²) in [5, 5.41) is 10.5. The van der Waals surface area contributed by atoms with Gasteiger partial charge in [-0.15, -0.1) is 0 Å². The van der Waals surface area contributed by atoms with Gasteiger partial charge in [-0.3, -0.25) is 9.80 Å². The number of rotatable bonds is 10. The van der Waals surface area contributed by atoms with E-state index in [9.17, 15) is 5.11 Å². The minimum Gasteiger partial charge on any atom is -0.504 e. The third-order valence-electron chi connectivity index (χ3n) is 9.59. The van der Waals surface area contributed by atoms with Crippen LogP contribution < -0.4 is 23.7 Å². The van der Waals surface area contributed by atoms with E-state index in [0.29, 0.717) is 5.75 Å².